The van der Waals surface area contributed by atoms with Crippen LogP contribution >= 0.6 is 0 Å². The first-order valence-corrected chi connectivity index (χ1v) is 3.02. The lowest BCUT2D eigenvalue weighted by molar-refractivity contribution is 0.377. The van der Waals surface area contributed by atoms with Crippen LogP contribution in [0.25, 0.3) is 0 Å². The van der Waals surface area contributed by atoms with Gasteiger partial charge in [0.05, 0.1) is 0 Å². The third kappa shape index (κ3) is 0.823. The molecule has 1 saturated carbocycles. The molecule has 0 bridgehead atoms. The van der Waals surface area contributed by atoms with E-state index in [-0.39, 0.29) is 0 Å². The van der Waals surface area contributed by atoms with Gasteiger partial charge in [-0.1, -0.05) is 5.16 Å². The zero-order valence-corrected chi connectivity index (χ0v) is 5.00. The Morgan fingerprint density at radius 2 is 2.33 bits per heavy atom. The van der Waals surface area contributed by atoms with Gasteiger partial charge in [0, 0.05) is 12.8 Å². The molecular formula is C6H7N2O. The lowest BCUT2D eigenvalue weighted by atomic mass is 10.4. The van der Waals surface area contributed by atoms with Gasteiger partial charge in [0.2, 0.25) is 5.89 Å². The van der Waals surface area contributed by atoms with Crippen molar-refractivity contribution in [2.24, 2.45) is 0 Å². The molecule has 0 N–H and O–H groups in total. The highest BCUT2D eigenvalue weighted by molar-refractivity contribution is 5.02. The number of rotatable bonds is 1. The zero-order valence-electron chi connectivity index (χ0n) is 5.00. The van der Waals surface area contributed by atoms with Crippen LogP contribution in [0, 0.1) is 6.92 Å². The average molecular weight is 123 g/mol. The van der Waals surface area contributed by atoms with Crippen molar-refractivity contribution in [3.8, 4) is 0 Å². The molecule has 1 heterocycles. The average Bonchev–Trinajstić information content (AvgIpc) is 2.58. The normalized spacial score (nSPS) is 18.3. The Hall–Kier alpha value is -0.860. The van der Waals surface area contributed by atoms with E-state index < -0.39 is 0 Å². The molecule has 1 aromatic heterocycles. The molecule has 9 heavy (non-hydrogen) atoms. The van der Waals surface area contributed by atoms with Crippen LogP contribution in [-0.4, -0.2) is 10.1 Å². The summed E-state index contributed by atoms with van der Waals surface area (Å²) in [6.45, 7) is 3.54. The van der Waals surface area contributed by atoms with Crippen molar-refractivity contribution in [1.29, 1.82) is 0 Å². The Kier molecular flexibility index (Phi) is 0.860. The standard InChI is InChI=1S/C6H7N2O/c1-4-7-6(9-8-4)5-2-3-5/h5H,1-3H2. The summed E-state index contributed by atoms with van der Waals surface area (Å²) in [6, 6.07) is 0. The number of nitrogens with zero attached hydrogens (tertiary/aromatic N) is 2. The van der Waals surface area contributed by atoms with Crippen LogP contribution < -0.4 is 0 Å². The van der Waals surface area contributed by atoms with Gasteiger partial charge in [-0.25, -0.2) is 0 Å². The molecule has 0 spiro atoms. The minimum atomic E-state index is 0.497. The SMILES string of the molecule is [CH2]c1noc(C2CC2)n1. The lowest BCUT2D eigenvalue weighted by Gasteiger charge is -1.78. The maximum absolute atomic E-state index is 4.86. The highest BCUT2D eigenvalue weighted by Gasteiger charge is 2.28. The van der Waals surface area contributed by atoms with Gasteiger partial charge in [0.1, 0.15) is 0 Å². The van der Waals surface area contributed by atoms with E-state index in [1.54, 1.807) is 0 Å². The molecule has 1 aliphatic carbocycles. The van der Waals surface area contributed by atoms with Crippen LogP contribution in [0.1, 0.15) is 30.5 Å². The fourth-order valence-electron chi connectivity index (χ4n) is 0.764. The molecule has 3 heteroatoms. The Morgan fingerprint density at radius 1 is 1.56 bits per heavy atom. The summed E-state index contributed by atoms with van der Waals surface area (Å²) in [6.07, 6.45) is 2.39. The van der Waals surface area contributed by atoms with Crippen LogP contribution in [0.2, 0.25) is 0 Å². The summed E-state index contributed by atoms with van der Waals surface area (Å²) in [7, 11) is 0. The molecule has 0 amide bonds. The monoisotopic (exact) mass is 123 g/mol. The zero-order chi connectivity index (χ0) is 6.27. The third-order valence-corrected chi connectivity index (χ3v) is 1.41. The molecule has 0 unspecified atom stereocenters. The van der Waals surface area contributed by atoms with Crippen molar-refractivity contribution in [2.75, 3.05) is 0 Å². The summed E-state index contributed by atoms with van der Waals surface area (Å²) in [5, 5.41) is 3.58. The lowest BCUT2D eigenvalue weighted by Crippen LogP contribution is -1.76. The van der Waals surface area contributed by atoms with Gasteiger partial charge in [-0.15, -0.1) is 0 Å². The van der Waals surface area contributed by atoms with Crippen LogP contribution in [0.5, 0.6) is 0 Å². The third-order valence-electron chi connectivity index (χ3n) is 1.41. The number of hydrogen-bond acceptors (Lipinski definition) is 3. The van der Waals surface area contributed by atoms with Gasteiger partial charge in [0.25, 0.3) is 0 Å². The van der Waals surface area contributed by atoms with Crippen molar-refractivity contribution in [3.63, 3.8) is 0 Å². The van der Waals surface area contributed by atoms with E-state index in [0.717, 1.165) is 5.89 Å². The van der Waals surface area contributed by atoms with E-state index in [0.29, 0.717) is 11.7 Å². The van der Waals surface area contributed by atoms with E-state index in [1.807, 2.05) is 0 Å². The first-order chi connectivity index (χ1) is 4.36. The largest absolute Gasteiger partial charge is 0.339 e. The fraction of sp³-hybridized carbons (Fsp3) is 0.500. The fourth-order valence-corrected chi connectivity index (χ4v) is 0.764. The van der Waals surface area contributed by atoms with Crippen LogP contribution in [0.15, 0.2) is 4.52 Å². The van der Waals surface area contributed by atoms with Crippen LogP contribution in [0.3, 0.4) is 0 Å². The van der Waals surface area contributed by atoms with Crippen molar-refractivity contribution < 1.29 is 4.52 Å². The van der Waals surface area contributed by atoms with Gasteiger partial charge in [-0.3, -0.25) is 0 Å². The molecule has 0 saturated heterocycles. The highest BCUT2D eigenvalue weighted by Crippen LogP contribution is 2.38. The Bertz CT molecular complexity index is 215. The Balaban J connectivity index is 2.28. The van der Waals surface area contributed by atoms with Crippen molar-refractivity contribution in [1.82, 2.24) is 10.1 Å². The minimum Gasteiger partial charge on any atom is -0.339 e. The van der Waals surface area contributed by atoms with Gasteiger partial charge in [-0.2, -0.15) is 4.98 Å². The Labute approximate surface area is 53.1 Å². The summed E-state index contributed by atoms with van der Waals surface area (Å²) >= 11 is 0. The van der Waals surface area contributed by atoms with Gasteiger partial charge in [-0.05, 0) is 12.8 Å². The number of aromatic nitrogens is 2. The van der Waals surface area contributed by atoms with Crippen molar-refractivity contribution in [3.05, 3.63) is 18.6 Å². The summed E-state index contributed by atoms with van der Waals surface area (Å²) < 4.78 is 4.86. The highest BCUT2D eigenvalue weighted by atomic mass is 16.5. The molecule has 1 radical (unpaired) electrons. The summed E-state index contributed by atoms with van der Waals surface area (Å²) in [4.78, 5) is 3.98. The van der Waals surface area contributed by atoms with E-state index >= 15 is 0 Å². The second kappa shape index (κ2) is 1.56. The molecule has 3 nitrogen and oxygen atoms in total. The molecule has 0 atom stereocenters. The summed E-state index contributed by atoms with van der Waals surface area (Å²) in [5.74, 6) is 1.81. The minimum absolute atomic E-state index is 0.497. The first-order valence-electron chi connectivity index (χ1n) is 3.02. The second-order valence-corrected chi connectivity index (χ2v) is 2.32. The molecule has 0 aliphatic heterocycles. The second-order valence-electron chi connectivity index (χ2n) is 2.32. The van der Waals surface area contributed by atoms with Crippen molar-refractivity contribution in [2.45, 2.75) is 18.8 Å². The molecule has 2 rings (SSSR count). The van der Waals surface area contributed by atoms with Gasteiger partial charge >= 0.3 is 0 Å². The van der Waals surface area contributed by atoms with E-state index in [2.05, 4.69) is 17.1 Å². The molecular weight excluding hydrogens is 116 g/mol. The molecule has 1 aliphatic rings. The quantitative estimate of drug-likeness (QED) is 0.561. The summed E-state index contributed by atoms with van der Waals surface area (Å²) in [5.41, 5.74) is 0. The molecule has 0 aromatic carbocycles. The topological polar surface area (TPSA) is 38.9 Å². The van der Waals surface area contributed by atoms with Gasteiger partial charge < -0.3 is 4.52 Å². The van der Waals surface area contributed by atoms with Crippen LogP contribution in [-0.2, 0) is 0 Å². The van der Waals surface area contributed by atoms with Gasteiger partial charge in [0.15, 0.2) is 5.82 Å². The predicted octanol–water partition coefficient (Wildman–Crippen LogP) is 1.13. The molecule has 1 fully saturated rings. The van der Waals surface area contributed by atoms with E-state index in [9.17, 15) is 0 Å². The van der Waals surface area contributed by atoms with E-state index in [4.69, 9.17) is 4.52 Å². The van der Waals surface area contributed by atoms with E-state index in [1.165, 1.54) is 12.8 Å². The first kappa shape index (κ1) is 4.97. The Morgan fingerprint density at radius 3 is 2.78 bits per heavy atom. The smallest absolute Gasteiger partial charge is 0.229 e. The van der Waals surface area contributed by atoms with Crippen LogP contribution in [0.4, 0.5) is 0 Å². The maximum Gasteiger partial charge on any atom is 0.229 e. The van der Waals surface area contributed by atoms with Crippen molar-refractivity contribution >= 4 is 0 Å². The molecule has 47 valence electrons. The predicted molar refractivity (Wildman–Crippen MR) is 30.7 cm³/mol. The number of hydrogen-bond donors (Lipinski definition) is 0. The maximum atomic E-state index is 4.86. The molecule has 1 aromatic rings.